The molecule has 2 rings (SSSR count). The zero-order valence-corrected chi connectivity index (χ0v) is 10.9. The maximum absolute atomic E-state index is 5.80. The van der Waals surface area contributed by atoms with E-state index in [0.717, 1.165) is 16.4 Å². The molecule has 94 valence electrons. The van der Waals surface area contributed by atoms with Crippen LogP contribution < -0.4 is 15.2 Å². The Morgan fingerprint density at radius 1 is 1.35 bits per heavy atom. The van der Waals surface area contributed by atoms with E-state index in [9.17, 15) is 0 Å². The molecular formula is C12H17NO3S. The van der Waals surface area contributed by atoms with Crippen LogP contribution in [0.1, 0.15) is 0 Å². The highest BCUT2D eigenvalue weighted by molar-refractivity contribution is 8.01. The Hall–Kier alpha value is -0.910. The van der Waals surface area contributed by atoms with Crippen LogP contribution in [0.4, 0.5) is 0 Å². The first-order chi connectivity index (χ1) is 8.23. The first-order valence-electron chi connectivity index (χ1n) is 5.42. The van der Waals surface area contributed by atoms with E-state index in [1.807, 2.05) is 18.2 Å². The van der Waals surface area contributed by atoms with E-state index in [4.69, 9.17) is 19.9 Å². The summed E-state index contributed by atoms with van der Waals surface area (Å²) in [6.07, 6.45) is 0. The highest BCUT2D eigenvalue weighted by Crippen LogP contribution is 2.43. The number of hydrogen-bond donors (Lipinski definition) is 1. The normalized spacial score (nSPS) is 17.4. The molecule has 1 heterocycles. The van der Waals surface area contributed by atoms with Crippen molar-refractivity contribution in [1.29, 1.82) is 0 Å². The summed E-state index contributed by atoms with van der Waals surface area (Å²) in [6.45, 7) is 2.00. The summed E-state index contributed by atoms with van der Waals surface area (Å²) in [5.41, 5.74) is 5.80. The number of hydrogen-bond acceptors (Lipinski definition) is 5. The van der Waals surface area contributed by atoms with Crippen molar-refractivity contribution in [1.82, 2.24) is 0 Å². The van der Waals surface area contributed by atoms with Gasteiger partial charge in [0.15, 0.2) is 0 Å². The van der Waals surface area contributed by atoms with Crippen molar-refractivity contribution in [2.45, 2.75) is 9.64 Å². The van der Waals surface area contributed by atoms with Crippen LogP contribution in [0, 0.1) is 0 Å². The maximum atomic E-state index is 5.80. The lowest BCUT2D eigenvalue weighted by Crippen LogP contribution is -2.52. The van der Waals surface area contributed by atoms with Crippen molar-refractivity contribution in [3.05, 3.63) is 18.2 Å². The standard InChI is InChI=1S/C12H17NO3S/c1-14-9-3-4-11(10(5-9)15-2)17-12(6-13)7-16-8-12/h3-5H,6-8,13H2,1-2H3. The van der Waals surface area contributed by atoms with E-state index in [0.29, 0.717) is 19.8 Å². The monoisotopic (exact) mass is 255 g/mol. The van der Waals surface area contributed by atoms with Crippen molar-refractivity contribution < 1.29 is 14.2 Å². The van der Waals surface area contributed by atoms with Gasteiger partial charge in [-0.25, -0.2) is 0 Å². The molecule has 0 unspecified atom stereocenters. The Morgan fingerprint density at radius 2 is 2.12 bits per heavy atom. The first-order valence-corrected chi connectivity index (χ1v) is 6.23. The van der Waals surface area contributed by atoms with E-state index in [2.05, 4.69) is 0 Å². The van der Waals surface area contributed by atoms with Crippen LogP contribution in [-0.2, 0) is 4.74 Å². The van der Waals surface area contributed by atoms with E-state index in [-0.39, 0.29) is 4.75 Å². The average Bonchev–Trinajstić information content (AvgIpc) is 2.34. The number of ether oxygens (including phenoxy) is 3. The fraction of sp³-hybridized carbons (Fsp3) is 0.500. The molecule has 0 atom stereocenters. The largest absolute Gasteiger partial charge is 0.497 e. The van der Waals surface area contributed by atoms with Gasteiger partial charge in [-0.15, -0.1) is 11.8 Å². The maximum Gasteiger partial charge on any atom is 0.136 e. The highest BCUT2D eigenvalue weighted by Gasteiger charge is 2.39. The van der Waals surface area contributed by atoms with Crippen LogP contribution in [0.3, 0.4) is 0 Å². The van der Waals surface area contributed by atoms with Crippen LogP contribution in [-0.4, -0.2) is 38.7 Å². The quantitative estimate of drug-likeness (QED) is 0.864. The summed E-state index contributed by atoms with van der Waals surface area (Å²) in [5, 5.41) is 0. The summed E-state index contributed by atoms with van der Waals surface area (Å²) in [7, 11) is 3.30. The minimum absolute atomic E-state index is 0.00185. The lowest BCUT2D eigenvalue weighted by Gasteiger charge is -2.39. The van der Waals surface area contributed by atoms with Gasteiger partial charge in [-0.3, -0.25) is 0 Å². The minimum atomic E-state index is 0.00185. The molecule has 0 amide bonds. The number of nitrogens with two attached hydrogens (primary N) is 1. The number of methoxy groups -OCH3 is 2. The van der Waals surface area contributed by atoms with Crippen LogP contribution in [0.25, 0.3) is 0 Å². The smallest absolute Gasteiger partial charge is 0.136 e. The first kappa shape index (κ1) is 12.5. The Labute approximate surface area is 105 Å². The van der Waals surface area contributed by atoms with Crippen molar-refractivity contribution in [2.75, 3.05) is 34.0 Å². The molecule has 17 heavy (non-hydrogen) atoms. The van der Waals surface area contributed by atoms with Gasteiger partial charge < -0.3 is 19.9 Å². The molecule has 1 aliphatic rings. The second-order valence-corrected chi connectivity index (χ2v) is 5.51. The highest BCUT2D eigenvalue weighted by atomic mass is 32.2. The van der Waals surface area contributed by atoms with Crippen LogP contribution in [0.15, 0.2) is 23.1 Å². The zero-order valence-electron chi connectivity index (χ0n) is 10.1. The molecule has 0 aromatic heterocycles. The molecule has 1 aromatic rings. The Morgan fingerprint density at radius 3 is 2.59 bits per heavy atom. The predicted octanol–water partition coefficient (Wildman–Crippen LogP) is 1.52. The summed E-state index contributed by atoms with van der Waals surface area (Å²) in [6, 6.07) is 5.80. The van der Waals surface area contributed by atoms with Gasteiger partial charge in [0.1, 0.15) is 11.5 Å². The molecule has 0 radical (unpaired) electrons. The molecule has 0 aliphatic carbocycles. The number of thioether (sulfide) groups is 1. The molecule has 1 saturated heterocycles. The average molecular weight is 255 g/mol. The molecule has 0 spiro atoms. The second kappa shape index (κ2) is 5.16. The Kier molecular flexibility index (Phi) is 3.81. The van der Waals surface area contributed by atoms with Crippen molar-refractivity contribution in [3.63, 3.8) is 0 Å². The number of benzene rings is 1. The zero-order chi connectivity index (χ0) is 12.3. The molecular weight excluding hydrogens is 238 g/mol. The lowest BCUT2D eigenvalue weighted by molar-refractivity contribution is -0.00437. The van der Waals surface area contributed by atoms with Gasteiger partial charge in [0, 0.05) is 12.6 Å². The summed E-state index contributed by atoms with van der Waals surface area (Å²) >= 11 is 1.72. The predicted molar refractivity (Wildman–Crippen MR) is 68.0 cm³/mol. The van der Waals surface area contributed by atoms with Gasteiger partial charge in [0.25, 0.3) is 0 Å². The molecule has 2 N–H and O–H groups in total. The second-order valence-electron chi connectivity index (χ2n) is 4.00. The molecule has 5 heteroatoms. The van der Waals surface area contributed by atoms with E-state index in [1.54, 1.807) is 26.0 Å². The van der Waals surface area contributed by atoms with Gasteiger partial charge in [-0.1, -0.05) is 0 Å². The lowest BCUT2D eigenvalue weighted by atomic mass is 10.1. The molecule has 4 nitrogen and oxygen atoms in total. The van der Waals surface area contributed by atoms with Gasteiger partial charge in [-0.05, 0) is 12.1 Å². The minimum Gasteiger partial charge on any atom is -0.497 e. The summed E-state index contributed by atoms with van der Waals surface area (Å²) < 4.78 is 15.8. The van der Waals surface area contributed by atoms with Crippen LogP contribution in [0.5, 0.6) is 11.5 Å². The Bertz CT molecular complexity index is 388. The molecule has 1 aliphatic heterocycles. The summed E-state index contributed by atoms with van der Waals surface area (Å²) in [4.78, 5) is 1.07. The molecule has 0 bridgehead atoms. The van der Waals surface area contributed by atoms with Gasteiger partial charge in [-0.2, -0.15) is 0 Å². The van der Waals surface area contributed by atoms with E-state index >= 15 is 0 Å². The van der Waals surface area contributed by atoms with Gasteiger partial charge >= 0.3 is 0 Å². The topological polar surface area (TPSA) is 53.7 Å². The molecule has 1 fully saturated rings. The van der Waals surface area contributed by atoms with Crippen LogP contribution >= 0.6 is 11.8 Å². The van der Waals surface area contributed by atoms with Crippen LogP contribution in [0.2, 0.25) is 0 Å². The van der Waals surface area contributed by atoms with E-state index < -0.39 is 0 Å². The SMILES string of the molecule is COc1ccc(SC2(CN)COC2)c(OC)c1. The third kappa shape index (κ3) is 2.51. The third-order valence-corrected chi connectivity index (χ3v) is 4.19. The van der Waals surface area contributed by atoms with Gasteiger partial charge in [0.2, 0.25) is 0 Å². The molecule has 1 aromatic carbocycles. The number of rotatable bonds is 5. The van der Waals surface area contributed by atoms with Gasteiger partial charge in [0.05, 0.1) is 37.1 Å². The van der Waals surface area contributed by atoms with Crippen molar-refractivity contribution in [3.8, 4) is 11.5 Å². The Balaban J connectivity index is 2.20. The fourth-order valence-corrected chi connectivity index (χ4v) is 2.85. The third-order valence-electron chi connectivity index (χ3n) is 2.80. The van der Waals surface area contributed by atoms with Crippen molar-refractivity contribution in [2.24, 2.45) is 5.73 Å². The summed E-state index contributed by atoms with van der Waals surface area (Å²) in [5.74, 6) is 1.60. The fourth-order valence-electron chi connectivity index (χ4n) is 1.64. The van der Waals surface area contributed by atoms with E-state index in [1.165, 1.54) is 0 Å². The van der Waals surface area contributed by atoms with Crippen molar-refractivity contribution >= 4 is 11.8 Å². The molecule has 0 saturated carbocycles.